The average molecular weight is 231 g/mol. The molecule has 0 aromatic heterocycles. The van der Waals surface area contributed by atoms with Crippen molar-refractivity contribution in [3.05, 3.63) is 48.5 Å². The Kier molecular flexibility index (Phi) is 3.37. The number of nitrogens with two attached hydrogens (primary N) is 1. The first-order valence-corrected chi connectivity index (χ1v) is 5.77. The van der Waals surface area contributed by atoms with Gasteiger partial charge in [-0.2, -0.15) is 0 Å². The zero-order valence-electron chi connectivity index (χ0n) is 9.01. The van der Waals surface area contributed by atoms with Crippen LogP contribution in [0.25, 0.3) is 0 Å². The zero-order valence-corrected chi connectivity index (χ0v) is 9.83. The van der Waals surface area contributed by atoms with Crippen LogP contribution in [-0.4, -0.2) is 7.11 Å². The molecule has 2 nitrogen and oxygen atoms in total. The Hall–Kier alpha value is -1.61. The van der Waals surface area contributed by atoms with Crippen LogP contribution in [-0.2, 0) is 0 Å². The van der Waals surface area contributed by atoms with Crippen molar-refractivity contribution >= 4 is 17.4 Å². The zero-order chi connectivity index (χ0) is 11.4. The summed E-state index contributed by atoms with van der Waals surface area (Å²) in [5.41, 5.74) is 6.69. The maximum absolute atomic E-state index is 5.89. The minimum Gasteiger partial charge on any atom is -0.497 e. The first kappa shape index (κ1) is 10.9. The van der Waals surface area contributed by atoms with Gasteiger partial charge in [-0.15, -0.1) is 0 Å². The molecule has 0 radical (unpaired) electrons. The second-order valence-electron chi connectivity index (χ2n) is 3.32. The second kappa shape index (κ2) is 4.94. The summed E-state index contributed by atoms with van der Waals surface area (Å²) in [6.45, 7) is 0. The highest BCUT2D eigenvalue weighted by Crippen LogP contribution is 2.33. The van der Waals surface area contributed by atoms with E-state index < -0.39 is 0 Å². The van der Waals surface area contributed by atoms with Gasteiger partial charge >= 0.3 is 0 Å². The number of para-hydroxylation sites is 1. The second-order valence-corrected chi connectivity index (χ2v) is 4.43. The summed E-state index contributed by atoms with van der Waals surface area (Å²) in [6, 6.07) is 15.8. The molecule has 0 amide bonds. The predicted molar refractivity (Wildman–Crippen MR) is 68.0 cm³/mol. The topological polar surface area (TPSA) is 35.2 Å². The van der Waals surface area contributed by atoms with Crippen LogP contribution in [0.5, 0.6) is 5.75 Å². The van der Waals surface area contributed by atoms with Crippen molar-refractivity contribution in [2.24, 2.45) is 0 Å². The van der Waals surface area contributed by atoms with E-state index in [1.165, 1.54) is 0 Å². The summed E-state index contributed by atoms with van der Waals surface area (Å²) in [7, 11) is 1.67. The molecule has 0 unspecified atom stereocenters. The van der Waals surface area contributed by atoms with Gasteiger partial charge in [0.2, 0.25) is 0 Å². The summed E-state index contributed by atoms with van der Waals surface area (Å²) < 4.78 is 5.18. The number of benzene rings is 2. The molecule has 0 aliphatic heterocycles. The van der Waals surface area contributed by atoms with Crippen molar-refractivity contribution in [3.8, 4) is 5.75 Å². The Labute approximate surface area is 99.4 Å². The molecule has 16 heavy (non-hydrogen) atoms. The molecular formula is C13H13NOS. The molecule has 3 heteroatoms. The summed E-state index contributed by atoms with van der Waals surface area (Å²) in [4.78, 5) is 2.19. The smallest absolute Gasteiger partial charge is 0.119 e. The van der Waals surface area contributed by atoms with E-state index in [1.807, 2.05) is 48.5 Å². The van der Waals surface area contributed by atoms with Crippen LogP contribution in [0.2, 0.25) is 0 Å². The Bertz CT molecular complexity index is 485. The number of anilines is 1. The standard InChI is InChI=1S/C13H13NOS/c1-15-10-5-4-6-11(9-10)16-13-8-3-2-7-12(13)14/h2-9H,14H2,1H3. The van der Waals surface area contributed by atoms with Gasteiger partial charge < -0.3 is 10.5 Å². The van der Waals surface area contributed by atoms with E-state index in [0.717, 1.165) is 21.2 Å². The number of nitrogen functional groups attached to an aromatic ring is 1. The highest BCUT2D eigenvalue weighted by atomic mass is 32.2. The summed E-state index contributed by atoms with van der Waals surface area (Å²) in [6.07, 6.45) is 0. The first-order chi connectivity index (χ1) is 7.79. The molecule has 0 bridgehead atoms. The lowest BCUT2D eigenvalue weighted by Crippen LogP contribution is -1.87. The molecule has 0 heterocycles. The SMILES string of the molecule is COc1cccc(Sc2ccccc2N)c1. The molecule has 0 aliphatic carbocycles. The van der Waals surface area contributed by atoms with Gasteiger partial charge in [-0.1, -0.05) is 30.0 Å². The van der Waals surface area contributed by atoms with E-state index in [2.05, 4.69) is 0 Å². The molecule has 0 saturated carbocycles. The predicted octanol–water partition coefficient (Wildman–Crippen LogP) is 3.43. The minimum absolute atomic E-state index is 0.801. The van der Waals surface area contributed by atoms with Crippen molar-refractivity contribution in [1.82, 2.24) is 0 Å². The van der Waals surface area contributed by atoms with Crippen LogP contribution >= 0.6 is 11.8 Å². The van der Waals surface area contributed by atoms with E-state index in [-0.39, 0.29) is 0 Å². The summed E-state index contributed by atoms with van der Waals surface area (Å²) in [5.74, 6) is 0.861. The molecule has 2 aromatic carbocycles. The Morgan fingerprint density at radius 3 is 2.62 bits per heavy atom. The number of hydrogen-bond acceptors (Lipinski definition) is 3. The maximum atomic E-state index is 5.89. The number of hydrogen-bond donors (Lipinski definition) is 1. The van der Waals surface area contributed by atoms with Gasteiger partial charge in [-0.25, -0.2) is 0 Å². The fourth-order valence-corrected chi connectivity index (χ4v) is 2.27. The number of methoxy groups -OCH3 is 1. The number of ether oxygens (including phenoxy) is 1. The molecular weight excluding hydrogens is 218 g/mol. The third-order valence-electron chi connectivity index (χ3n) is 2.19. The monoisotopic (exact) mass is 231 g/mol. The molecule has 0 aliphatic rings. The molecule has 82 valence electrons. The van der Waals surface area contributed by atoms with E-state index in [9.17, 15) is 0 Å². The van der Waals surface area contributed by atoms with E-state index in [0.29, 0.717) is 0 Å². The van der Waals surface area contributed by atoms with Crippen molar-refractivity contribution in [2.75, 3.05) is 12.8 Å². The largest absolute Gasteiger partial charge is 0.497 e. The van der Waals surface area contributed by atoms with E-state index in [4.69, 9.17) is 10.5 Å². The first-order valence-electron chi connectivity index (χ1n) is 4.96. The van der Waals surface area contributed by atoms with Gasteiger partial charge in [0.25, 0.3) is 0 Å². The van der Waals surface area contributed by atoms with Crippen LogP contribution in [0.3, 0.4) is 0 Å². The average Bonchev–Trinajstić information content (AvgIpc) is 2.32. The molecule has 0 atom stereocenters. The Morgan fingerprint density at radius 2 is 1.88 bits per heavy atom. The highest BCUT2D eigenvalue weighted by Gasteiger charge is 2.01. The Morgan fingerprint density at radius 1 is 1.06 bits per heavy atom. The molecule has 2 aromatic rings. The summed E-state index contributed by atoms with van der Waals surface area (Å²) in [5, 5.41) is 0. The Balaban J connectivity index is 2.24. The quantitative estimate of drug-likeness (QED) is 0.822. The lowest BCUT2D eigenvalue weighted by atomic mass is 10.3. The maximum Gasteiger partial charge on any atom is 0.119 e. The fourth-order valence-electron chi connectivity index (χ4n) is 1.37. The van der Waals surface area contributed by atoms with Crippen molar-refractivity contribution in [1.29, 1.82) is 0 Å². The van der Waals surface area contributed by atoms with Gasteiger partial charge in [-0.05, 0) is 30.3 Å². The molecule has 0 spiro atoms. The van der Waals surface area contributed by atoms with Gasteiger partial charge in [-0.3, -0.25) is 0 Å². The van der Waals surface area contributed by atoms with E-state index in [1.54, 1.807) is 18.9 Å². The van der Waals surface area contributed by atoms with Crippen LogP contribution in [0.4, 0.5) is 5.69 Å². The van der Waals surface area contributed by atoms with Gasteiger partial charge in [0, 0.05) is 15.5 Å². The van der Waals surface area contributed by atoms with Gasteiger partial charge in [0.15, 0.2) is 0 Å². The van der Waals surface area contributed by atoms with Crippen LogP contribution in [0.15, 0.2) is 58.3 Å². The normalized spacial score (nSPS) is 10.1. The summed E-state index contributed by atoms with van der Waals surface area (Å²) >= 11 is 1.64. The van der Waals surface area contributed by atoms with E-state index >= 15 is 0 Å². The third kappa shape index (κ3) is 2.49. The fraction of sp³-hybridized carbons (Fsp3) is 0.0769. The molecule has 2 N–H and O–H groups in total. The third-order valence-corrected chi connectivity index (χ3v) is 3.27. The van der Waals surface area contributed by atoms with Crippen LogP contribution < -0.4 is 10.5 Å². The highest BCUT2D eigenvalue weighted by molar-refractivity contribution is 7.99. The molecule has 2 rings (SSSR count). The molecule has 0 saturated heterocycles. The molecule has 0 fully saturated rings. The minimum atomic E-state index is 0.801. The van der Waals surface area contributed by atoms with Crippen molar-refractivity contribution in [3.63, 3.8) is 0 Å². The van der Waals surface area contributed by atoms with Crippen LogP contribution in [0.1, 0.15) is 0 Å². The van der Waals surface area contributed by atoms with Gasteiger partial charge in [0.05, 0.1) is 7.11 Å². The van der Waals surface area contributed by atoms with Crippen molar-refractivity contribution in [2.45, 2.75) is 9.79 Å². The lowest BCUT2D eigenvalue weighted by Gasteiger charge is -2.06. The van der Waals surface area contributed by atoms with Crippen molar-refractivity contribution < 1.29 is 4.74 Å². The van der Waals surface area contributed by atoms with Crippen LogP contribution in [0, 0.1) is 0 Å². The lowest BCUT2D eigenvalue weighted by molar-refractivity contribution is 0.413. The van der Waals surface area contributed by atoms with Gasteiger partial charge in [0.1, 0.15) is 5.75 Å². The number of rotatable bonds is 3.